The predicted molar refractivity (Wildman–Crippen MR) is 58.1 cm³/mol. The molecule has 0 radical (unpaired) electrons. The Hall–Kier alpha value is -2.14. The number of hydrogen-bond donors (Lipinski definition) is 3. The molecule has 0 bridgehead atoms. The summed E-state index contributed by atoms with van der Waals surface area (Å²) in [4.78, 5) is 15.1. The molecule has 0 atom stereocenters. The molecule has 5 nitrogen and oxygen atoms in total. The lowest BCUT2D eigenvalue weighted by Gasteiger charge is -2.06. The number of hydrogen-bond acceptors (Lipinski definition) is 4. The van der Waals surface area contributed by atoms with Gasteiger partial charge in [-0.3, -0.25) is 10.6 Å². The smallest absolute Gasteiger partial charge is 0.267 e. The van der Waals surface area contributed by atoms with Gasteiger partial charge in [0, 0.05) is 5.39 Å². The lowest BCUT2D eigenvalue weighted by atomic mass is 10.1. The minimum absolute atomic E-state index is 0.196. The van der Waals surface area contributed by atoms with Crippen LogP contribution < -0.4 is 17.0 Å². The van der Waals surface area contributed by atoms with Crippen LogP contribution >= 0.6 is 0 Å². The Labute approximate surface area is 86.1 Å². The largest absolute Gasteiger partial charge is 0.364 e. The second-order valence-corrected chi connectivity index (χ2v) is 3.08. The van der Waals surface area contributed by atoms with E-state index in [2.05, 4.69) is 10.4 Å². The molecule has 0 fully saturated rings. The van der Waals surface area contributed by atoms with Crippen LogP contribution in [0.2, 0.25) is 0 Å². The molecule has 5 heteroatoms. The van der Waals surface area contributed by atoms with Crippen LogP contribution in [0.5, 0.6) is 0 Å². The fraction of sp³-hybridized carbons (Fsp3) is 0. The molecule has 5 N–H and O–H groups in total. The van der Waals surface area contributed by atoms with Crippen molar-refractivity contribution in [1.29, 1.82) is 0 Å². The van der Waals surface area contributed by atoms with Gasteiger partial charge in [0.25, 0.3) is 5.91 Å². The van der Waals surface area contributed by atoms with E-state index in [1.54, 1.807) is 6.07 Å². The van der Waals surface area contributed by atoms with E-state index < -0.39 is 5.91 Å². The molecule has 1 aromatic heterocycles. The van der Waals surface area contributed by atoms with Crippen LogP contribution in [0, 0.1) is 0 Å². The Morgan fingerprint density at radius 1 is 1.33 bits per heavy atom. The zero-order valence-electron chi connectivity index (χ0n) is 7.90. The van der Waals surface area contributed by atoms with Gasteiger partial charge in [0.2, 0.25) is 0 Å². The number of benzene rings is 1. The lowest BCUT2D eigenvalue weighted by Crippen LogP contribution is -2.15. The average molecular weight is 202 g/mol. The molecule has 0 saturated heterocycles. The van der Waals surface area contributed by atoms with Crippen molar-refractivity contribution in [2.45, 2.75) is 0 Å². The van der Waals surface area contributed by atoms with Gasteiger partial charge >= 0.3 is 0 Å². The van der Waals surface area contributed by atoms with Gasteiger partial charge in [-0.25, -0.2) is 4.98 Å². The number of nitrogens with two attached hydrogens (primary N) is 2. The topological polar surface area (TPSA) is 94.0 Å². The first-order valence-corrected chi connectivity index (χ1v) is 4.38. The summed E-state index contributed by atoms with van der Waals surface area (Å²) < 4.78 is 0. The van der Waals surface area contributed by atoms with E-state index in [9.17, 15) is 4.79 Å². The van der Waals surface area contributed by atoms with Crippen molar-refractivity contribution in [3.63, 3.8) is 0 Å². The Balaban J connectivity index is 2.77. The number of fused-ring (bicyclic) bond motifs is 1. The summed E-state index contributed by atoms with van der Waals surface area (Å²) in [5, 5.41) is 0.852. The van der Waals surface area contributed by atoms with Crippen molar-refractivity contribution in [3.8, 4) is 0 Å². The lowest BCUT2D eigenvalue weighted by molar-refractivity contribution is 0.0996. The monoisotopic (exact) mass is 202 g/mol. The predicted octanol–water partition coefficient (Wildman–Crippen LogP) is 0.619. The Morgan fingerprint density at radius 3 is 2.73 bits per heavy atom. The summed E-state index contributed by atoms with van der Waals surface area (Å²) in [5.41, 5.74) is 9.19. The molecule has 0 unspecified atom stereocenters. The molecule has 76 valence electrons. The highest BCUT2D eigenvalue weighted by Crippen LogP contribution is 2.21. The van der Waals surface area contributed by atoms with Crippen LogP contribution in [0.15, 0.2) is 30.3 Å². The van der Waals surface area contributed by atoms with Crippen LogP contribution in [0.4, 0.5) is 5.69 Å². The van der Waals surface area contributed by atoms with Crippen LogP contribution in [-0.4, -0.2) is 10.9 Å². The number of para-hydroxylation sites is 1. The third-order valence-electron chi connectivity index (χ3n) is 2.12. The Kier molecular flexibility index (Phi) is 2.23. The van der Waals surface area contributed by atoms with E-state index in [-0.39, 0.29) is 5.69 Å². The van der Waals surface area contributed by atoms with E-state index in [0.29, 0.717) is 11.2 Å². The van der Waals surface area contributed by atoms with E-state index in [1.165, 1.54) is 6.07 Å². The molecule has 2 aromatic rings. The number of carbonyl (C=O) groups is 1. The van der Waals surface area contributed by atoms with Crippen molar-refractivity contribution in [3.05, 3.63) is 36.0 Å². The van der Waals surface area contributed by atoms with Crippen LogP contribution in [0.25, 0.3) is 10.9 Å². The number of nitrogen functional groups attached to an aromatic ring is 1. The van der Waals surface area contributed by atoms with E-state index in [1.807, 2.05) is 18.2 Å². The molecule has 1 aromatic carbocycles. The summed E-state index contributed by atoms with van der Waals surface area (Å²) in [6, 6.07) is 8.89. The van der Waals surface area contributed by atoms with Crippen molar-refractivity contribution in [2.75, 3.05) is 5.43 Å². The molecule has 1 amide bonds. The van der Waals surface area contributed by atoms with Gasteiger partial charge in [0.1, 0.15) is 5.69 Å². The first-order chi connectivity index (χ1) is 7.22. The minimum Gasteiger partial charge on any atom is -0.364 e. The molecule has 0 aliphatic carbocycles. The van der Waals surface area contributed by atoms with Gasteiger partial charge in [-0.15, -0.1) is 0 Å². The highest BCUT2D eigenvalue weighted by atomic mass is 16.1. The summed E-state index contributed by atoms with van der Waals surface area (Å²) in [5.74, 6) is 4.78. The molecular formula is C10H10N4O. The molecular weight excluding hydrogens is 192 g/mol. The highest BCUT2D eigenvalue weighted by molar-refractivity contribution is 5.98. The first-order valence-electron chi connectivity index (χ1n) is 4.38. The van der Waals surface area contributed by atoms with Crippen LogP contribution in [0.3, 0.4) is 0 Å². The maximum atomic E-state index is 11.0. The standard InChI is InChI=1S/C10H10N4O/c11-10(15)9-5-8(14-12)6-3-1-2-4-7(6)13-9/h1-5H,12H2,(H2,11,15)(H,13,14). The average Bonchev–Trinajstić information content (AvgIpc) is 2.27. The Morgan fingerprint density at radius 2 is 2.07 bits per heavy atom. The third kappa shape index (κ3) is 1.60. The van der Waals surface area contributed by atoms with Crippen LogP contribution in [-0.2, 0) is 0 Å². The summed E-state index contributed by atoms with van der Waals surface area (Å²) in [6.07, 6.45) is 0. The second kappa shape index (κ2) is 3.55. The van der Waals surface area contributed by atoms with Crippen molar-refractivity contribution < 1.29 is 4.79 Å². The number of aromatic nitrogens is 1. The molecule has 0 saturated carbocycles. The zero-order valence-corrected chi connectivity index (χ0v) is 7.90. The number of nitrogens with zero attached hydrogens (tertiary/aromatic N) is 1. The third-order valence-corrected chi connectivity index (χ3v) is 2.12. The van der Waals surface area contributed by atoms with Crippen molar-refractivity contribution in [1.82, 2.24) is 4.98 Å². The maximum absolute atomic E-state index is 11.0. The summed E-state index contributed by atoms with van der Waals surface area (Å²) in [6.45, 7) is 0. The number of nitrogens with one attached hydrogen (secondary N) is 1. The molecule has 2 rings (SSSR count). The highest BCUT2D eigenvalue weighted by Gasteiger charge is 2.07. The minimum atomic E-state index is -0.572. The number of primary amides is 1. The Bertz CT molecular complexity index is 524. The molecule has 0 aliphatic rings. The van der Waals surface area contributed by atoms with Gasteiger partial charge in [-0.05, 0) is 12.1 Å². The van der Waals surface area contributed by atoms with Gasteiger partial charge in [0.15, 0.2) is 0 Å². The number of pyridine rings is 1. The number of rotatable bonds is 2. The zero-order chi connectivity index (χ0) is 10.8. The van der Waals surface area contributed by atoms with Gasteiger partial charge < -0.3 is 11.2 Å². The van der Waals surface area contributed by atoms with Gasteiger partial charge in [-0.2, -0.15) is 0 Å². The number of amides is 1. The molecule has 0 aliphatic heterocycles. The number of anilines is 1. The SMILES string of the molecule is NNc1cc(C(N)=O)nc2ccccc12. The van der Waals surface area contributed by atoms with Crippen molar-refractivity contribution in [2.24, 2.45) is 11.6 Å². The molecule has 1 heterocycles. The number of carbonyl (C=O) groups excluding carboxylic acids is 1. The van der Waals surface area contributed by atoms with E-state index in [4.69, 9.17) is 11.6 Å². The number of hydrazine groups is 1. The van der Waals surface area contributed by atoms with E-state index >= 15 is 0 Å². The fourth-order valence-electron chi connectivity index (χ4n) is 1.42. The summed E-state index contributed by atoms with van der Waals surface area (Å²) in [7, 11) is 0. The quantitative estimate of drug-likeness (QED) is 0.491. The summed E-state index contributed by atoms with van der Waals surface area (Å²) >= 11 is 0. The van der Waals surface area contributed by atoms with Crippen molar-refractivity contribution >= 4 is 22.5 Å². The second-order valence-electron chi connectivity index (χ2n) is 3.08. The fourth-order valence-corrected chi connectivity index (χ4v) is 1.42. The molecule has 0 spiro atoms. The molecule has 15 heavy (non-hydrogen) atoms. The van der Waals surface area contributed by atoms with Gasteiger partial charge in [-0.1, -0.05) is 18.2 Å². The van der Waals surface area contributed by atoms with Gasteiger partial charge in [0.05, 0.1) is 11.2 Å². The van der Waals surface area contributed by atoms with Crippen LogP contribution in [0.1, 0.15) is 10.5 Å². The normalized spacial score (nSPS) is 10.2. The maximum Gasteiger partial charge on any atom is 0.267 e. The first kappa shape index (κ1) is 9.42. The van der Waals surface area contributed by atoms with E-state index in [0.717, 1.165) is 5.39 Å².